The van der Waals surface area contributed by atoms with E-state index in [2.05, 4.69) is 0 Å². The van der Waals surface area contributed by atoms with Crippen molar-refractivity contribution in [2.45, 2.75) is 70.2 Å². The lowest BCUT2D eigenvalue weighted by Crippen LogP contribution is -3.00. The van der Waals surface area contributed by atoms with Crippen molar-refractivity contribution in [3.63, 3.8) is 0 Å². The number of primary amides is 2. The van der Waals surface area contributed by atoms with Gasteiger partial charge in [-0.15, -0.1) is 0 Å². The molecule has 2 fully saturated rings. The van der Waals surface area contributed by atoms with E-state index in [9.17, 15) is 24.6 Å². The van der Waals surface area contributed by atoms with Crippen LogP contribution in [0.2, 0.25) is 0 Å². The molecule has 15 heteroatoms. The normalized spacial score (nSPS) is 28.3. The molecule has 0 spiro atoms. The summed E-state index contributed by atoms with van der Waals surface area (Å²) in [5.74, 6) is -1.37. The number of nitrogens with two attached hydrogens (primary N) is 2. The summed E-state index contributed by atoms with van der Waals surface area (Å²) in [6.45, 7) is 5.01. The van der Waals surface area contributed by atoms with E-state index in [-0.39, 0.29) is 54.5 Å². The molecular formula is C26H36Cl2N4O9. The third kappa shape index (κ3) is 8.55. The molecule has 228 valence electrons. The predicted molar refractivity (Wildman–Crippen MR) is 132 cm³/mol. The Hall–Kier alpha value is -2.91. The summed E-state index contributed by atoms with van der Waals surface area (Å²) in [6, 6.07) is 6.46. The largest absolute Gasteiger partial charge is 1.00 e. The molecule has 4 heterocycles. The molecule has 2 aliphatic rings. The molecule has 7 N–H and O–H groups in total. The van der Waals surface area contributed by atoms with E-state index in [4.69, 9.17) is 30.8 Å². The molecule has 2 saturated heterocycles. The Morgan fingerprint density at radius 1 is 0.902 bits per heavy atom. The number of aliphatic hydroxyl groups excluding tert-OH is 3. The first-order valence-electron chi connectivity index (χ1n) is 12.5. The van der Waals surface area contributed by atoms with E-state index in [0.29, 0.717) is 5.56 Å². The number of rotatable bonds is 7. The number of hydrogen-bond acceptors (Lipinski definition) is 9. The fraction of sp³-hybridized carbons (Fsp3) is 0.500. The van der Waals surface area contributed by atoms with E-state index in [1.165, 1.54) is 23.8 Å². The standard InChI is InChI=1S/C15H20N2O4.C11H14N2O5.2ClH/c1-4-12-9(2)13(20-10(3)18)15(21-12)17-7-5-6-11(8-17)14(16)19;12-10(17)6-2-1-3-13(4-6)11-9(16)8(15)7(5-14)18-11;;/h5-9,12-13,15H,4H2,1-3H3,(H-,16,19);1-4,7-9,11,14-16H,5H2,(H-,12,17);2*1H/t9?,12-,13+,15-;7-,8?,9+,11-;;/m11../s1. The number of hydrogen-bond donors (Lipinski definition) is 5. The Morgan fingerprint density at radius 3 is 1.80 bits per heavy atom. The van der Waals surface area contributed by atoms with Gasteiger partial charge < -0.3 is 65.8 Å². The number of ether oxygens (including phenoxy) is 3. The molecular weight excluding hydrogens is 583 g/mol. The molecule has 0 aromatic carbocycles. The lowest BCUT2D eigenvalue weighted by atomic mass is 9.98. The SMILES string of the molecule is CC[C@H]1O[C@@H]([n+]2cccc(C(N)=O)c2)[C@@H](OC(C)=O)C1C.NC(=O)c1ccc[n+]([C@@H]2O[C@H](CO)C(O)[C@@H]2O)c1.[Cl-].[Cl-]. The number of halogens is 2. The molecule has 2 amide bonds. The highest BCUT2D eigenvalue weighted by Gasteiger charge is 2.49. The Morgan fingerprint density at radius 2 is 1.39 bits per heavy atom. The van der Waals surface area contributed by atoms with Crippen molar-refractivity contribution >= 4 is 17.8 Å². The molecule has 0 aliphatic carbocycles. The average Bonchev–Trinajstić information content (AvgIpc) is 3.39. The fourth-order valence-corrected chi connectivity index (χ4v) is 4.64. The van der Waals surface area contributed by atoms with Crippen molar-refractivity contribution < 1.29 is 77.9 Å². The zero-order chi connectivity index (χ0) is 28.9. The van der Waals surface area contributed by atoms with Crippen LogP contribution >= 0.6 is 0 Å². The Labute approximate surface area is 249 Å². The Bertz CT molecular complexity index is 1190. The first kappa shape index (κ1) is 36.1. The highest BCUT2D eigenvalue weighted by Crippen LogP contribution is 2.34. The second-order valence-corrected chi connectivity index (χ2v) is 9.44. The third-order valence-electron chi connectivity index (χ3n) is 6.72. The van der Waals surface area contributed by atoms with Gasteiger partial charge in [0.15, 0.2) is 37.0 Å². The smallest absolute Gasteiger partial charge is 0.303 e. The monoisotopic (exact) mass is 618 g/mol. The van der Waals surface area contributed by atoms with Gasteiger partial charge in [0.05, 0.1) is 12.7 Å². The topological polar surface area (TPSA) is 199 Å². The number of carbonyl (C=O) groups is 3. The quantitative estimate of drug-likeness (QED) is 0.148. The lowest BCUT2D eigenvalue weighted by molar-refractivity contribution is -0.765. The van der Waals surface area contributed by atoms with Crippen LogP contribution in [0.15, 0.2) is 49.1 Å². The first-order chi connectivity index (χ1) is 18.5. The molecule has 0 bridgehead atoms. The van der Waals surface area contributed by atoms with Gasteiger partial charge in [-0.2, -0.15) is 9.13 Å². The van der Waals surface area contributed by atoms with Gasteiger partial charge in [0.1, 0.15) is 23.3 Å². The highest BCUT2D eigenvalue weighted by molar-refractivity contribution is 5.92. The Kier molecular flexibility index (Phi) is 14.0. The molecule has 2 unspecified atom stereocenters. The van der Waals surface area contributed by atoms with E-state index >= 15 is 0 Å². The summed E-state index contributed by atoms with van der Waals surface area (Å²) in [4.78, 5) is 33.7. The molecule has 8 atom stereocenters. The van der Waals surface area contributed by atoms with Gasteiger partial charge >= 0.3 is 12.2 Å². The van der Waals surface area contributed by atoms with Crippen LogP contribution in [0.4, 0.5) is 0 Å². The molecule has 41 heavy (non-hydrogen) atoms. The first-order valence-corrected chi connectivity index (χ1v) is 12.5. The van der Waals surface area contributed by atoms with Crippen molar-refractivity contribution in [1.29, 1.82) is 0 Å². The van der Waals surface area contributed by atoms with Crippen LogP contribution in [-0.2, 0) is 19.0 Å². The van der Waals surface area contributed by atoms with Crippen LogP contribution in [0.5, 0.6) is 0 Å². The number of aliphatic hydroxyl groups is 3. The number of carbonyl (C=O) groups excluding carboxylic acids is 3. The molecule has 2 aliphatic heterocycles. The second-order valence-electron chi connectivity index (χ2n) is 9.44. The van der Waals surface area contributed by atoms with Crippen molar-refractivity contribution in [3.8, 4) is 0 Å². The Balaban J connectivity index is 0.000000395. The number of amides is 2. The van der Waals surface area contributed by atoms with Crippen LogP contribution in [0.25, 0.3) is 0 Å². The van der Waals surface area contributed by atoms with Crippen LogP contribution in [0, 0.1) is 5.92 Å². The zero-order valence-electron chi connectivity index (χ0n) is 22.7. The van der Waals surface area contributed by atoms with E-state index in [1.807, 2.05) is 13.8 Å². The predicted octanol–water partition coefficient (Wildman–Crippen LogP) is -7.36. The van der Waals surface area contributed by atoms with Gasteiger partial charge in [0.25, 0.3) is 18.0 Å². The van der Waals surface area contributed by atoms with Gasteiger partial charge in [0, 0.05) is 25.0 Å². The summed E-state index contributed by atoms with van der Waals surface area (Å²) < 4.78 is 19.9. The van der Waals surface area contributed by atoms with E-state index in [1.54, 1.807) is 41.4 Å². The number of pyridine rings is 2. The summed E-state index contributed by atoms with van der Waals surface area (Å²) in [7, 11) is 0. The number of nitrogens with zero attached hydrogens (tertiary/aromatic N) is 2. The minimum Gasteiger partial charge on any atom is -1.00 e. The number of aromatic nitrogens is 2. The highest BCUT2D eigenvalue weighted by atomic mass is 35.5. The summed E-state index contributed by atoms with van der Waals surface area (Å²) >= 11 is 0. The maximum Gasteiger partial charge on any atom is 0.303 e. The second kappa shape index (κ2) is 15.9. The van der Waals surface area contributed by atoms with E-state index < -0.39 is 49.2 Å². The van der Waals surface area contributed by atoms with Gasteiger partial charge in [-0.3, -0.25) is 14.4 Å². The molecule has 2 aromatic rings. The molecule has 2 aromatic heterocycles. The van der Waals surface area contributed by atoms with Crippen LogP contribution in [-0.4, -0.2) is 70.2 Å². The third-order valence-corrected chi connectivity index (χ3v) is 6.72. The summed E-state index contributed by atoms with van der Waals surface area (Å²) in [6.07, 6.45) is 2.30. The zero-order valence-corrected chi connectivity index (χ0v) is 24.3. The minimum atomic E-state index is -1.18. The van der Waals surface area contributed by atoms with Gasteiger partial charge in [0.2, 0.25) is 0 Å². The lowest BCUT2D eigenvalue weighted by Gasteiger charge is -2.17. The van der Waals surface area contributed by atoms with Crippen molar-refractivity contribution in [1.82, 2.24) is 0 Å². The minimum absolute atomic E-state index is 0. The van der Waals surface area contributed by atoms with Crippen LogP contribution < -0.4 is 45.4 Å². The molecule has 0 radical (unpaired) electrons. The maximum absolute atomic E-state index is 11.3. The summed E-state index contributed by atoms with van der Waals surface area (Å²) in [5, 5.41) is 28.4. The average molecular weight is 619 g/mol. The van der Waals surface area contributed by atoms with Crippen LogP contribution in [0.1, 0.15) is 60.4 Å². The number of esters is 1. The molecule has 13 nitrogen and oxygen atoms in total. The van der Waals surface area contributed by atoms with Crippen LogP contribution in [0.3, 0.4) is 0 Å². The maximum atomic E-state index is 11.3. The van der Waals surface area contributed by atoms with Gasteiger partial charge in [-0.05, 0) is 18.6 Å². The van der Waals surface area contributed by atoms with Crippen molar-refractivity contribution in [2.24, 2.45) is 17.4 Å². The summed E-state index contributed by atoms with van der Waals surface area (Å²) in [5.41, 5.74) is 11.1. The van der Waals surface area contributed by atoms with E-state index in [0.717, 1.165) is 6.42 Å². The van der Waals surface area contributed by atoms with Crippen molar-refractivity contribution in [3.05, 3.63) is 60.2 Å². The van der Waals surface area contributed by atoms with Gasteiger partial charge in [-0.25, -0.2) is 0 Å². The van der Waals surface area contributed by atoms with Gasteiger partial charge in [-0.1, -0.05) is 13.8 Å². The molecule has 0 saturated carbocycles. The van der Waals surface area contributed by atoms with Crippen molar-refractivity contribution in [2.75, 3.05) is 6.61 Å². The molecule has 4 rings (SSSR count). The fourth-order valence-electron chi connectivity index (χ4n) is 4.64.